The molecule has 0 unspecified atom stereocenters. The maximum Gasteiger partial charge on any atom is 0.339 e. The largest absolute Gasteiger partial charge is 0.465 e. The van der Waals surface area contributed by atoms with Gasteiger partial charge in [0.05, 0.1) is 18.4 Å². The van der Waals surface area contributed by atoms with E-state index >= 15 is 0 Å². The summed E-state index contributed by atoms with van der Waals surface area (Å²) < 4.78 is 4.65. The molecule has 1 heterocycles. The molecule has 23 heavy (non-hydrogen) atoms. The van der Waals surface area contributed by atoms with E-state index in [-0.39, 0.29) is 11.3 Å². The van der Waals surface area contributed by atoms with Crippen molar-refractivity contribution < 1.29 is 19.1 Å². The minimum absolute atomic E-state index is 0.191. The quantitative estimate of drug-likeness (QED) is 0.586. The number of esters is 1. The van der Waals surface area contributed by atoms with Gasteiger partial charge >= 0.3 is 17.8 Å². The number of piperazine rings is 1. The molecule has 0 saturated carbocycles. The van der Waals surface area contributed by atoms with Gasteiger partial charge in [-0.05, 0) is 19.2 Å². The van der Waals surface area contributed by atoms with E-state index in [9.17, 15) is 14.4 Å². The monoisotopic (exact) mass is 320 g/mol. The van der Waals surface area contributed by atoms with Crippen molar-refractivity contribution in [3.8, 4) is 0 Å². The third-order valence-electron chi connectivity index (χ3n) is 3.55. The molecular formula is C15H20N4O4. The van der Waals surface area contributed by atoms with Crippen LogP contribution in [0.2, 0.25) is 0 Å². The lowest BCUT2D eigenvalue weighted by Crippen LogP contribution is -2.54. The van der Waals surface area contributed by atoms with Crippen LogP contribution in [-0.2, 0) is 14.3 Å². The number of carbonyl (C=O) groups excluding carboxylic acids is 3. The summed E-state index contributed by atoms with van der Waals surface area (Å²) in [6.45, 7) is 2.92. The molecule has 1 aromatic rings. The number of amides is 2. The summed E-state index contributed by atoms with van der Waals surface area (Å²) in [7, 11) is 3.25. The zero-order valence-electron chi connectivity index (χ0n) is 13.2. The average molecular weight is 320 g/mol. The minimum atomic E-state index is -0.833. The number of likely N-dealkylation sites (N-methyl/N-ethyl adjacent to an activating group) is 1. The summed E-state index contributed by atoms with van der Waals surface area (Å²) in [6, 6.07) is 6.35. The SMILES string of the molecule is COC(=O)c1ccccc1NC(=O)C(=O)NN1CCN(C)CC1. The second-order valence-electron chi connectivity index (χ2n) is 5.22. The van der Waals surface area contributed by atoms with Crippen molar-refractivity contribution in [1.82, 2.24) is 15.3 Å². The topological polar surface area (TPSA) is 91.0 Å². The zero-order valence-corrected chi connectivity index (χ0v) is 13.2. The number of nitrogens with zero attached hydrogens (tertiary/aromatic N) is 2. The predicted molar refractivity (Wildman–Crippen MR) is 83.6 cm³/mol. The molecule has 2 amide bonds. The van der Waals surface area contributed by atoms with Gasteiger partial charge < -0.3 is 15.0 Å². The number of methoxy groups -OCH3 is 1. The lowest BCUT2D eigenvalue weighted by Gasteiger charge is -2.32. The van der Waals surface area contributed by atoms with Crippen LogP contribution in [0.1, 0.15) is 10.4 Å². The molecule has 0 atom stereocenters. The minimum Gasteiger partial charge on any atom is -0.465 e. The smallest absolute Gasteiger partial charge is 0.339 e. The number of hydrogen-bond donors (Lipinski definition) is 2. The first-order valence-electron chi connectivity index (χ1n) is 7.24. The van der Waals surface area contributed by atoms with Gasteiger partial charge in [-0.3, -0.25) is 15.0 Å². The summed E-state index contributed by atoms with van der Waals surface area (Å²) in [4.78, 5) is 37.7. The van der Waals surface area contributed by atoms with Gasteiger partial charge in [-0.25, -0.2) is 9.80 Å². The number of hydrazine groups is 1. The van der Waals surface area contributed by atoms with Gasteiger partial charge in [0.15, 0.2) is 0 Å². The Morgan fingerprint density at radius 1 is 1.04 bits per heavy atom. The Hall–Kier alpha value is -2.45. The first kappa shape index (κ1) is 16.9. The van der Waals surface area contributed by atoms with E-state index in [0.29, 0.717) is 13.1 Å². The van der Waals surface area contributed by atoms with Gasteiger partial charge in [-0.1, -0.05) is 12.1 Å². The fraction of sp³-hybridized carbons (Fsp3) is 0.400. The molecule has 1 aliphatic rings. The lowest BCUT2D eigenvalue weighted by molar-refractivity contribution is -0.139. The van der Waals surface area contributed by atoms with E-state index in [0.717, 1.165) is 13.1 Å². The third kappa shape index (κ3) is 4.51. The first-order chi connectivity index (χ1) is 11.0. The van der Waals surface area contributed by atoms with E-state index in [1.54, 1.807) is 17.1 Å². The van der Waals surface area contributed by atoms with Crippen molar-refractivity contribution >= 4 is 23.5 Å². The number of ether oxygens (including phenoxy) is 1. The van der Waals surface area contributed by atoms with E-state index in [1.165, 1.54) is 19.2 Å². The Bertz CT molecular complexity index is 597. The molecule has 8 heteroatoms. The molecule has 1 aromatic carbocycles. The van der Waals surface area contributed by atoms with Crippen LogP contribution in [0.3, 0.4) is 0 Å². The summed E-state index contributed by atoms with van der Waals surface area (Å²) in [6.07, 6.45) is 0. The highest BCUT2D eigenvalue weighted by molar-refractivity contribution is 6.39. The highest BCUT2D eigenvalue weighted by Gasteiger charge is 2.21. The van der Waals surface area contributed by atoms with Crippen LogP contribution in [0, 0.1) is 0 Å². The molecule has 0 radical (unpaired) electrons. The van der Waals surface area contributed by atoms with E-state index in [4.69, 9.17) is 0 Å². The maximum absolute atomic E-state index is 12.0. The van der Waals surface area contributed by atoms with Gasteiger partial charge in [-0.15, -0.1) is 0 Å². The molecule has 8 nitrogen and oxygen atoms in total. The summed E-state index contributed by atoms with van der Waals surface area (Å²) in [5.74, 6) is -2.19. The van der Waals surface area contributed by atoms with Crippen LogP contribution in [-0.4, -0.2) is 68.0 Å². The van der Waals surface area contributed by atoms with Crippen LogP contribution in [0.25, 0.3) is 0 Å². The number of rotatable bonds is 3. The summed E-state index contributed by atoms with van der Waals surface area (Å²) >= 11 is 0. The van der Waals surface area contributed by atoms with Crippen molar-refractivity contribution in [1.29, 1.82) is 0 Å². The molecule has 1 saturated heterocycles. The van der Waals surface area contributed by atoms with Crippen molar-refractivity contribution in [2.24, 2.45) is 0 Å². The molecule has 0 bridgehead atoms. The highest BCUT2D eigenvalue weighted by Crippen LogP contribution is 2.15. The average Bonchev–Trinajstić information content (AvgIpc) is 2.56. The fourth-order valence-electron chi connectivity index (χ4n) is 2.17. The van der Waals surface area contributed by atoms with Crippen LogP contribution < -0.4 is 10.7 Å². The number of carbonyl (C=O) groups is 3. The molecule has 1 aliphatic heterocycles. The van der Waals surface area contributed by atoms with E-state index in [2.05, 4.69) is 20.4 Å². The molecule has 2 N–H and O–H groups in total. The van der Waals surface area contributed by atoms with E-state index < -0.39 is 17.8 Å². The Labute approximate surface area is 134 Å². The number of anilines is 1. The second kappa shape index (κ2) is 7.70. The molecule has 124 valence electrons. The maximum atomic E-state index is 12.0. The molecule has 0 aliphatic carbocycles. The normalized spacial score (nSPS) is 15.7. The van der Waals surface area contributed by atoms with E-state index in [1.807, 2.05) is 7.05 Å². The zero-order chi connectivity index (χ0) is 16.8. The highest BCUT2D eigenvalue weighted by atomic mass is 16.5. The summed E-state index contributed by atoms with van der Waals surface area (Å²) in [5.41, 5.74) is 2.99. The van der Waals surface area contributed by atoms with Crippen molar-refractivity contribution in [3.05, 3.63) is 29.8 Å². The number of para-hydroxylation sites is 1. The van der Waals surface area contributed by atoms with Crippen molar-refractivity contribution in [2.75, 3.05) is 45.7 Å². The fourth-order valence-corrected chi connectivity index (χ4v) is 2.17. The second-order valence-corrected chi connectivity index (χ2v) is 5.22. The molecular weight excluding hydrogens is 300 g/mol. The molecule has 0 aromatic heterocycles. The Balaban J connectivity index is 1.96. The van der Waals surface area contributed by atoms with Crippen LogP contribution in [0.4, 0.5) is 5.69 Å². The van der Waals surface area contributed by atoms with Crippen LogP contribution in [0.5, 0.6) is 0 Å². The third-order valence-corrected chi connectivity index (χ3v) is 3.55. The molecule has 0 spiro atoms. The Morgan fingerprint density at radius 3 is 2.35 bits per heavy atom. The van der Waals surface area contributed by atoms with Gasteiger partial charge in [0, 0.05) is 26.2 Å². The van der Waals surface area contributed by atoms with Gasteiger partial charge in [-0.2, -0.15) is 0 Å². The number of nitrogens with one attached hydrogen (secondary N) is 2. The van der Waals surface area contributed by atoms with Gasteiger partial charge in [0.1, 0.15) is 0 Å². The molecule has 1 fully saturated rings. The predicted octanol–water partition coefficient (Wildman–Crippen LogP) is -0.310. The first-order valence-corrected chi connectivity index (χ1v) is 7.24. The Morgan fingerprint density at radius 2 is 1.70 bits per heavy atom. The van der Waals surface area contributed by atoms with Gasteiger partial charge in [0.2, 0.25) is 0 Å². The Kier molecular flexibility index (Phi) is 5.67. The number of hydrogen-bond acceptors (Lipinski definition) is 6. The van der Waals surface area contributed by atoms with Crippen LogP contribution >= 0.6 is 0 Å². The van der Waals surface area contributed by atoms with Gasteiger partial charge in [0.25, 0.3) is 0 Å². The van der Waals surface area contributed by atoms with Crippen molar-refractivity contribution in [3.63, 3.8) is 0 Å². The standard InChI is InChI=1S/C15H20N4O4/c1-18-7-9-19(10-8-18)17-14(21)13(20)16-12-6-4-3-5-11(12)15(22)23-2/h3-6H,7-10H2,1-2H3,(H,16,20)(H,17,21). The summed E-state index contributed by atoms with van der Waals surface area (Å²) in [5, 5.41) is 4.14. The lowest BCUT2D eigenvalue weighted by atomic mass is 10.2. The number of benzene rings is 1. The van der Waals surface area contributed by atoms with Crippen LogP contribution in [0.15, 0.2) is 24.3 Å². The molecule has 2 rings (SSSR count). The van der Waals surface area contributed by atoms with Crippen molar-refractivity contribution in [2.45, 2.75) is 0 Å².